The normalized spacial score (nSPS) is 12.4. The molecule has 0 spiro atoms. The lowest BCUT2D eigenvalue weighted by Gasteiger charge is -2.13. The molecule has 0 saturated carbocycles. The van der Waals surface area contributed by atoms with Gasteiger partial charge < -0.3 is 30.5 Å². The van der Waals surface area contributed by atoms with E-state index in [-0.39, 0.29) is 29.7 Å². The largest absolute Gasteiger partial charge is 0.508 e. The predicted octanol–water partition coefficient (Wildman–Crippen LogP) is 6.66. The zero-order chi connectivity index (χ0) is 34.0. The molecule has 3 amide bonds. The standard InChI is InChI=1S/C36H35N3O7S2/c1-3-46-36(44)32-27-14-7-8-15-30(27)48-35(32)39-31(41)21-47-26-13-9-12-24(19-26)37-34(43)28(38-33(42)22-10-5-4-6-11-22)18-23-16-17-25(40)20-29(23)45-2/h4-6,9-13,16-20,40H,3,7-8,14-15,21H2,1-2H3,(H,37,43)(H,38,42)(H,39,41)/b28-18+. The first-order valence-corrected chi connectivity index (χ1v) is 17.2. The van der Waals surface area contributed by atoms with Crippen molar-refractivity contribution in [2.24, 2.45) is 0 Å². The van der Waals surface area contributed by atoms with E-state index in [2.05, 4.69) is 16.0 Å². The maximum absolute atomic E-state index is 13.6. The Labute approximate surface area is 286 Å². The molecule has 48 heavy (non-hydrogen) atoms. The Morgan fingerprint density at radius 1 is 0.958 bits per heavy atom. The van der Waals surface area contributed by atoms with Crippen LogP contribution in [0.1, 0.15) is 56.5 Å². The van der Waals surface area contributed by atoms with Crippen LogP contribution >= 0.6 is 23.1 Å². The molecule has 4 N–H and O–H groups in total. The lowest BCUT2D eigenvalue weighted by molar-refractivity contribution is -0.114. The molecule has 0 fully saturated rings. The average Bonchev–Trinajstić information content (AvgIpc) is 3.46. The number of thiophene rings is 1. The average molecular weight is 686 g/mol. The van der Waals surface area contributed by atoms with E-state index in [1.54, 1.807) is 61.5 Å². The number of carbonyl (C=O) groups excluding carboxylic acids is 4. The smallest absolute Gasteiger partial charge is 0.341 e. The minimum absolute atomic E-state index is 0.0136. The number of phenols is 1. The molecule has 1 heterocycles. The van der Waals surface area contributed by atoms with Crippen LogP contribution in [0.4, 0.5) is 10.7 Å². The van der Waals surface area contributed by atoms with Gasteiger partial charge in [-0.25, -0.2) is 4.79 Å². The zero-order valence-electron chi connectivity index (χ0n) is 26.5. The summed E-state index contributed by atoms with van der Waals surface area (Å²) < 4.78 is 10.6. The summed E-state index contributed by atoms with van der Waals surface area (Å²) in [7, 11) is 1.44. The number of hydrogen-bond donors (Lipinski definition) is 4. The Morgan fingerprint density at radius 2 is 1.75 bits per heavy atom. The summed E-state index contributed by atoms with van der Waals surface area (Å²) in [5.41, 5.74) is 2.66. The molecule has 1 aliphatic carbocycles. The van der Waals surface area contributed by atoms with Crippen LogP contribution in [0, 0.1) is 0 Å². The summed E-state index contributed by atoms with van der Waals surface area (Å²) in [4.78, 5) is 54.2. The number of methoxy groups -OCH3 is 1. The second-order valence-corrected chi connectivity index (χ2v) is 12.9. The van der Waals surface area contributed by atoms with Crippen molar-refractivity contribution in [1.82, 2.24) is 5.32 Å². The molecule has 12 heteroatoms. The van der Waals surface area contributed by atoms with Gasteiger partial charge in [0, 0.05) is 32.7 Å². The van der Waals surface area contributed by atoms with Gasteiger partial charge in [-0.15, -0.1) is 23.1 Å². The number of thioether (sulfide) groups is 1. The molecule has 1 aliphatic rings. The van der Waals surface area contributed by atoms with Crippen molar-refractivity contribution < 1.29 is 33.8 Å². The maximum atomic E-state index is 13.6. The number of aryl methyl sites for hydroxylation is 1. The predicted molar refractivity (Wildman–Crippen MR) is 188 cm³/mol. The number of amides is 3. The van der Waals surface area contributed by atoms with Gasteiger partial charge >= 0.3 is 5.97 Å². The molecule has 3 aromatic carbocycles. The van der Waals surface area contributed by atoms with Crippen LogP contribution in [0.5, 0.6) is 11.5 Å². The summed E-state index contributed by atoms with van der Waals surface area (Å²) in [6, 6.07) is 19.9. The molecule has 0 atom stereocenters. The molecule has 0 radical (unpaired) electrons. The van der Waals surface area contributed by atoms with Crippen molar-refractivity contribution >= 4 is 63.6 Å². The first-order chi connectivity index (χ1) is 23.2. The first kappa shape index (κ1) is 34.3. The van der Waals surface area contributed by atoms with Crippen molar-refractivity contribution in [3.63, 3.8) is 0 Å². The number of ether oxygens (including phenoxy) is 2. The third kappa shape index (κ3) is 8.64. The third-order valence-corrected chi connectivity index (χ3v) is 9.61. The minimum Gasteiger partial charge on any atom is -0.508 e. The number of fused-ring (bicyclic) bond motifs is 1. The summed E-state index contributed by atoms with van der Waals surface area (Å²) in [6.45, 7) is 2.01. The fraction of sp³-hybridized carbons (Fsp3) is 0.222. The highest BCUT2D eigenvalue weighted by Gasteiger charge is 2.27. The lowest BCUT2D eigenvalue weighted by Crippen LogP contribution is -2.30. The van der Waals surface area contributed by atoms with Gasteiger partial charge in [0.15, 0.2) is 0 Å². The summed E-state index contributed by atoms with van der Waals surface area (Å²) >= 11 is 2.71. The number of rotatable bonds is 12. The number of phenolic OH excluding ortho intramolecular Hbond substituents is 1. The van der Waals surface area contributed by atoms with E-state index in [9.17, 15) is 24.3 Å². The van der Waals surface area contributed by atoms with Crippen LogP contribution in [0.3, 0.4) is 0 Å². The number of hydrogen-bond acceptors (Lipinski definition) is 9. The summed E-state index contributed by atoms with van der Waals surface area (Å²) in [5.74, 6) is -1.40. The van der Waals surface area contributed by atoms with Crippen LogP contribution in [-0.4, -0.2) is 48.3 Å². The van der Waals surface area contributed by atoms with E-state index >= 15 is 0 Å². The number of carbonyl (C=O) groups is 4. The van der Waals surface area contributed by atoms with Gasteiger partial charge in [-0.2, -0.15) is 0 Å². The maximum Gasteiger partial charge on any atom is 0.341 e. The zero-order valence-corrected chi connectivity index (χ0v) is 28.1. The van der Waals surface area contributed by atoms with E-state index in [0.717, 1.165) is 41.0 Å². The fourth-order valence-electron chi connectivity index (χ4n) is 5.16. The van der Waals surface area contributed by atoms with E-state index < -0.39 is 17.8 Å². The van der Waals surface area contributed by atoms with Crippen LogP contribution in [0.15, 0.2) is 83.4 Å². The molecular formula is C36H35N3O7S2. The third-order valence-electron chi connectivity index (χ3n) is 7.41. The first-order valence-electron chi connectivity index (χ1n) is 15.4. The number of aromatic hydroxyl groups is 1. The molecular weight excluding hydrogens is 651 g/mol. The Balaban J connectivity index is 1.29. The van der Waals surface area contributed by atoms with Gasteiger partial charge in [0.1, 0.15) is 22.2 Å². The van der Waals surface area contributed by atoms with Gasteiger partial charge in [-0.05, 0) is 86.7 Å². The topological polar surface area (TPSA) is 143 Å². The van der Waals surface area contributed by atoms with Crippen LogP contribution in [0.25, 0.3) is 6.08 Å². The Bertz CT molecular complexity index is 1850. The van der Waals surface area contributed by atoms with Crippen molar-refractivity contribution in [3.8, 4) is 11.5 Å². The van der Waals surface area contributed by atoms with Gasteiger partial charge in [-0.3, -0.25) is 14.4 Å². The van der Waals surface area contributed by atoms with Crippen molar-refractivity contribution in [3.05, 3.63) is 106 Å². The van der Waals surface area contributed by atoms with Crippen molar-refractivity contribution in [1.29, 1.82) is 0 Å². The summed E-state index contributed by atoms with van der Waals surface area (Å²) in [5, 5.41) is 18.8. The molecule has 5 rings (SSSR count). The Hall–Kier alpha value is -5.07. The highest BCUT2D eigenvalue weighted by atomic mass is 32.2. The van der Waals surface area contributed by atoms with Gasteiger partial charge in [0.05, 0.1) is 25.0 Å². The molecule has 4 aromatic rings. The van der Waals surface area contributed by atoms with Gasteiger partial charge in [-0.1, -0.05) is 24.3 Å². The number of anilines is 2. The van der Waals surface area contributed by atoms with E-state index in [4.69, 9.17) is 9.47 Å². The number of esters is 1. The second-order valence-electron chi connectivity index (χ2n) is 10.8. The van der Waals surface area contributed by atoms with E-state index in [0.29, 0.717) is 33.1 Å². The highest BCUT2D eigenvalue weighted by molar-refractivity contribution is 8.00. The molecule has 0 aliphatic heterocycles. The molecule has 0 bridgehead atoms. The number of benzene rings is 3. The summed E-state index contributed by atoms with van der Waals surface area (Å²) in [6.07, 6.45) is 5.18. The molecule has 0 unspecified atom stereocenters. The van der Waals surface area contributed by atoms with Crippen LogP contribution in [-0.2, 0) is 27.2 Å². The van der Waals surface area contributed by atoms with E-state index in [1.165, 1.54) is 48.4 Å². The molecule has 1 aromatic heterocycles. The number of nitrogens with one attached hydrogen (secondary N) is 3. The fourth-order valence-corrected chi connectivity index (χ4v) is 7.21. The van der Waals surface area contributed by atoms with Crippen molar-refractivity contribution in [2.75, 3.05) is 30.1 Å². The van der Waals surface area contributed by atoms with Crippen LogP contribution < -0.4 is 20.7 Å². The van der Waals surface area contributed by atoms with Gasteiger partial charge in [0.2, 0.25) is 5.91 Å². The highest BCUT2D eigenvalue weighted by Crippen LogP contribution is 2.39. The quantitative estimate of drug-likeness (QED) is 0.0737. The SMILES string of the molecule is CCOC(=O)c1c(NC(=O)CSc2cccc(NC(=O)/C(=C\c3ccc(O)cc3OC)NC(=O)c3ccccc3)c2)sc2c1CCCC2. The molecule has 248 valence electrons. The lowest BCUT2D eigenvalue weighted by atomic mass is 9.95. The van der Waals surface area contributed by atoms with Crippen molar-refractivity contribution in [2.45, 2.75) is 37.5 Å². The second kappa shape index (κ2) is 16.2. The van der Waals surface area contributed by atoms with Gasteiger partial charge in [0.25, 0.3) is 11.8 Å². The molecule has 0 saturated heterocycles. The monoisotopic (exact) mass is 685 g/mol. The minimum atomic E-state index is -0.595. The van der Waals surface area contributed by atoms with E-state index in [1.807, 2.05) is 6.07 Å². The Kier molecular flexibility index (Phi) is 11.5. The molecule has 10 nitrogen and oxygen atoms in total. The Morgan fingerprint density at radius 3 is 2.52 bits per heavy atom. The van der Waals surface area contributed by atoms with Crippen LogP contribution in [0.2, 0.25) is 0 Å².